The molecule has 0 atom stereocenters. The number of ether oxygens (including phenoxy) is 1. The van der Waals surface area contributed by atoms with Crippen molar-refractivity contribution in [3.8, 4) is 16.3 Å². The first kappa shape index (κ1) is 19.0. The minimum Gasteiger partial charge on any atom is -0.484 e. The predicted octanol–water partition coefficient (Wildman–Crippen LogP) is 5.46. The number of hydrogen-bond acceptors (Lipinski definition) is 6. The molecule has 0 aliphatic carbocycles. The number of thioether (sulfide) groups is 1. The highest BCUT2D eigenvalue weighted by molar-refractivity contribution is 7.98. The van der Waals surface area contributed by atoms with Gasteiger partial charge in [0.2, 0.25) is 0 Å². The lowest BCUT2D eigenvalue weighted by Crippen LogP contribution is -2.04. The van der Waals surface area contributed by atoms with Crippen molar-refractivity contribution in [3.05, 3.63) is 76.5 Å². The quantitative estimate of drug-likeness (QED) is 0.365. The third kappa shape index (κ3) is 4.38. The van der Waals surface area contributed by atoms with E-state index in [4.69, 9.17) is 21.3 Å². The van der Waals surface area contributed by atoms with Crippen LogP contribution >= 0.6 is 34.7 Å². The van der Waals surface area contributed by atoms with Crippen molar-refractivity contribution in [1.29, 1.82) is 0 Å². The summed E-state index contributed by atoms with van der Waals surface area (Å²) in [4.78, 5) is 4.72. The molecular formula is C20H17ClN4OS2. The van der Waals surface area contributed by atoms with Gasteiger partial charge in [-0.15, -0.1) is 21.5 Å². The van der Waals surface area contributed by atoms with Gasteiger partial charge in [0.05, 0.1) is 10.7 Å². The Morgan fingerprint density at radius 1 is 1.07 bits per heavy atom. The highest BCUT2D eigenvalue weighted by atomic mass is 35.5. The van der Waals surface area contributed by atoms with E-state index in [1.807, 2.05) is 48.0 Å². The van der Waals surface area contributed by atoms with Crippen LogP contribution in [0.2, 0.25) is 5.02 Å². The van der Waals surface area contributed by atoms with Crippen LogP contribution in [-0.2, 0) is 19.4 Å². The third-order valence-corrected chi connectivity index (χ3v) is 6.35. The lowest BCUT2D eigenvalue weighted by molar-refractivity contribution is 0.290. The maximum absolute atomic E-state index is 6.12. The Balaban J connectivity index is 1.37. The number of aromatic nitrogens is 4. The van der Waals surface area contributed by atoms with E-state index < -0.39 is 0 Å². The van der Waals surface area contributed by atoms with E-state index in [0.717, 1.165) is 33.0 Å². The Hall–Kier alpha value is -2.35. The first-order chi connectivity index (χ1) is 13.7. The lowest BCUT2D eigenvalue weighted by Gasteiger charge is -2.07. The van der Waals surface area contributed by atoms with E-state index in [9.17, 15) is 0 Å². The summed E-state index contributed by atoms with van der Waals surface area (Å²) in [7, 11) is 1.93. The molecule has 8 heteroatoms. The maximum Gasteiger partial charge on any atom is 0.191 e. The monoisotopic (exact) mass is 428 g/mol. The molecule has 4 aromatic rings. The molecule has 0 saturated carbocycles. The number of nitrogens with zero attached hydrogens (tertiary/aromatic N) is 4. The van der Waals surface area contributed by atoms with Crippen molar-refractivity contribution in [2.45, 2.75) is 17.5 Å². The lowest BCUT2D eigenvalue weighted by atomic mass is 10.2. The van der Waals surface area contributed by atoms with E-state index in [1.165, 1.54) is 0 Å². The number of halogens is 1. The third-order valence-electron chi connectivity index (χ3n) is 4.04. The number of thiazole rings is 1. The summed E-state index contributed by atoms with van der Waals surface area (Å²) in [6.07, 6.45) is 0. The first-order valence-electron chi connectivity index (χ1n) is 8.59. The molecule has 0 unspecified atom stereocenters. The van der Waals surface area contributed by atoms with Crippen molar-refractivity contribution in [1.82, 2.24) is 19.7 Å². The van der Waals surface area contributed by atoms with Crippen LogP contribution in [0.5, 0.6) is 5.75 Å². The summed E-state index contributed by atoms with van der Waals surface area (Å²) >= 11 is 9.38. The molecule has 28 heavy (non-hydrogen) atoms. The second kappa shape index (κ2) is 8.77. The Morgan fingerprint density at radius 2 is 1.86 bits per heavy atom. The second-order valence-corrected chi connectivity index (χ2v) is 8.18. The highest BCUT2D eigenvalue weighted by Gasteiger charge is 2.12. The molecule has 0 fully saturated rings. The molecule has 0 amide bonds. The van der Waals surface area contributed by atoms with Crippen molar-refractivity contribution in [3.63, 3.8) is 0 Å². The molecule has 0 aliphatic heterocycles. The van der Waals surface area contributed by atoms with Gasteiger partial charge in [-0.3, -0.25) is 0 Å². The number of hydrogen-bond donors (Lipinski definition) is 0. The fourth-order valence-corrected chi connectivity index (χ4v) is 4.47. The van der Waals surface area contributed by atoms with Gasteiger partial charge in [-0.2, -0.15) is 0 Å². The van der Waals surface area contributed by atoms with Crippen molar-refractivity contribution >= 4 is 34.7 Å². The Kier molecular flexibility index (Phi) is 5.95. The van der Waals surface area contributed by atoms with Gasteiger partial charge in [0.1, 0.15) is 17.4 Å². The van der Waals surface area contributed by atoms with E-state index in [0.29, 0.717) is 17.4 Å². The molecule has 0 bridgehead atoms. The molecule has 0 saturated heterocycles. The molecule has 0 radical (unpaired) electrons. The van der Waals surface area contributed by atoms with Crippen molar-refractivity contribution in [2.75, 3.05) is 0 Å². The summed E-state index contributed by atoms with van der Waals surface area (Å²) in [5.41, 5.74) is 2.17. The normalized spacial score (nSPS) is 10.9. The van der Waals surface area contributed by atoms with Crippen LogP contribution in [0.4, 0.5) is 0 Å². The zero-order valence-electron chi connectivity index (χ0n) is 15.1. The van der Waals surface area contributed by atoms with Gasteiger partial charge in [0, 0.05) is 23.7 Å². The summed E-state index contributed by atoms with van der Waals surface area (Å²) < 4.78 is 7.69. The van der Waals surface area contributed by atoms with Gasteiger partial charge in [0.25, 0.3) is 0 Å². The SMILES string of the molecule is Cn1c(COc2ccccc2Cl)nnc1SCc1csc(-c2ccccc2)n1. The summed E-state index contributed by atoms with van der Waals surface area (Å²) in [6, 6.07) is 17.6. The standard InChI is InChI=1S/C20H17ClN4OS2/c1-25-18(11-26-17-10-6-5-9-16(17)21)23-24-20(25)28-13-15-12-27-19(22-15)14-7-3-2-4-8-14/h2-10,12H,11,13H2,1H3. The van der Waals surface area contributed by atoms with Gasteiger partial charge < -0.3 is 9.30 Å². The number of para-hydroxylation sites is 1. The van der Waals surface area contributed by atoms with Crippen LogP contribution in [0, 0.1) is 0 Å². The largest absolute Gasteiger partial charge is 0.484 e. The second-order valence-electron chi connectivity index (χ2n) is 5.98. The fourth-order valence-electron chi connectivity index (χ4n) is 2.53. The van der Waals surface area contributed by atoms with E-state index in [2.05, 4.69) is 27.7 Å². The van der Waals surface area contributed by atoms with Gasteiger partial charge in [-0.05, 0) is 12.1 Å². The van der Waals surface area contributed by atoms with E-state index in [1.54, 1.807) is 29.2 Å². The topological polar surface area (TPSA) is 52.8 Å². The minimum atomic E-state index is 0.308. The molecular weight excluding hydrogens is 412 g/mol. The molecule has 142 valence electrons. The van der Waals surface area contributed by atoms with Gasteiger partial charge in [0.15, 0.2) is 11.0 Å². The minimum absolute atomic E-state index is 0.308. The van der Waals surface area contributed by atoms with Crippen LogP contribution < -0.4 is 4.74 Å². The Morgan fingerprint density at radius 3 is 2.68 bits per heavy atom. The summed E-state index contributed by atoms with van der Waals surface area (Å²) in [5, 5.41) is 13.0. The Labute approximate surface area is 176 Å². The van der Waals surface area contributed by atoms with Crippen LogP contribution in [0.1, 0.15) is 11.5 Å². The van der Waals surface area contributed by atoms with Crippen LogP contribution in [0.25, 0.3) is 10.6 Å². The zero-order valence-corrected chi connectivity index (χ0v) is 17.5. The van der Waals surface area contributed by atoms with Gasteiger partial charge >= 0.3 is 0 Å². The zero-order chi connectivity index (χ0) is 19.3. The van der Waals surface area contributed by atoms with Gasteiger partial charge in [-0.1, -0.05) is 65.8 Å². The van der Waals surface area contributed by atoms with Crippen LogP contribution in [0.15, 0.2) is 65.1 Å². The predicted molar refractivity (Wildman–Crippen MR) is 114 cm³/mol. The van der Waals surface area contributed by atoms with E-state index >= 15 is 0 Å². The average molecular weight is 429 g/mol. The van der Waals surface area contributed by atoms with E-state index in [-0.39, 0.29) is 0 Å². The molecule has 4 rings (SSSR count). The van der Waals surface area contributed by atoms with Crippen molar-refractivity contribution < 1.29 is 4.74 Å². The fraction of sp³-hybridized carbons (Fsp3) is 0.150. The van der Waals surface area contributed by atoms with Crippen LogP contribution in [-0.4, -0.2) is 19.7 Å². The molecule has 2 heterocycles. The van der Waals surface area contributed by atoms with Crippen molar-refractivity contribution in [2.24, 2.45) is 7.05 Å². The molecule has 2 aromatic carbocycles. The molecule has 2 aromatic heterocycles. The average Bonchev–Trinajstić information content (AvgIpc) is 3.33. The maximum atomic E-state index is 6.12. The number of benzene rings is 2. The summed E-state index contributed by atoms with van der Waals surface area (Å²) in [6.45, 7) is 0.308. The smallest absolute Gasteiger partial charge is 0.191 e. The first-order valence-corrected chi connectivity index (χ1v) is 10.8. The summed E-state index contributed by atoms with van der Waals surface area (Å²) in [5.74, 6) is 2.11. The number of rotatable bonds is 7. The highest BCUT2D eigenvalue weighted by Crippen LogP contribution is 2.28. The Bertz CT molecular complexity index is 1070. The molecule has 0 spiro atoms. The molecule has 0 N–H and O–H groups in total. The molecule has 0 aliphatic rings. The van der Waals surface area contributed by atoms with Gasteiger partial charge in [-0.25, -0.2) is 4.98 Å². The van der Waals surface area contributed by atoms with Crippen LogP contribution in [0.3, 0.4) is 0 Å². The molecule has 5 nitrogen and oxygen atoms in total.